The van der Waals surface area contributed by atoms with Gasteiger partial charge in [0.25, 0.3) is 0 Å². The number of likely N-dealkylation sites (tertiary alicyclic amines) is 1. The van der Waals surface area contributed by atoms with Crippen LogP contribution in [-0.2, 0) is 22.2 Å². The number of carbonyl (C=O) groups excluding carboxylic acids is 1. The van der Waals surface area contributed by atoms with E-state index < -0.39 is 41.1 Å². The number of alkyl halides is 3. The molecule has 0 aromatic heterocycles. The van der Waals surface area contributed by atoms with Gasteiger partial charge in [-0.05, 0) is 30.5 Å². The molecule has 5 N–H and O–H groups in total. The fourth-order valence-corrected chi connectivity index (χ4v) is 3.47. The predicted molar refractivity (Wildman–Crippen MR) is 97.5 cm³/mol. The minimum absolute atomic E-state index is 0.0333. The number of nitrogens with zero attached hydrogens (tertiary/aromatic N) is 1. The van der Waals surface area contributed by atoms with Crippen LogP contribution in [0.15, 0.2) is 24.3 Å². The Hall–Kier alpha value is -2.07. The molecule has 1 aromatic rings. The molecule has 0 aliphatic carbocycles. The van der Waals surface area contributed by atoms with Crippen LogP contribution >= 0.6 is 0 Å². The van der Waals surface area contributed by atoms with E-state index in [1.165, 1.54) is 17.0 Å². The number of hydrogen-bond donors (Lipinski definition) is 3. The molecule has 0 spiro atoms. The van der Waals surface area contributed by atoms with E-state index in [4.69, 9.17) is 19.3 Å². The average Bonchev–Trinajstić information content (AvgIpc) is 2.97. The van der Waals surface area contributed by atoms with E-state index in [0.29, 0.717) is 24.7 Å². The van der Waals surface area contributed by atoms with Crippen molar-refractivity contribution < 1.29 is 27.9 Å². The van der Waals surface area contributed by atoms with Crippen LogP contribution in [-0.4, -0.2) is 54.4 Å². The summed E-state index contributed by atoms with van der Waals surface area (Å²) in [6.45, 7) is -0.0144. The van der Waals surface area contributed by atoms with Gasteiger partial charge in [-0.3, -0.25) is 9.59 Å². The second kappa shape index (κ2) is 8.52. The lowest BCUT2D eigenvalue weighted by molar-refractivity contribution is -0.144. The highest BCUT2D eigenvalue weighted by Crippen LogP contribution is 2.31. The van der Waals surface area contributed by atoms with E-state index in [1.54, 1.807) is 0 Å². The number of carbonyl (C=O) groups is 2. The minimum atomic E-state index is -4.44. The van der Waals surface area contributed by atoms with Crippen molar-refractivity contribution in [1.82, 2.24) is 4.90 Å². The first-order valence-corrected chi connectivity index (χ1v) is 8.92. The van der Waals surface area contributed by atoms with Crippen LogP contribution < -0.4 is 11.5 Å². The van der Waals surface area contributed by atoms with Gasteiger partial charge in [-0.2, -0.15) is 13.2 Å². The Labute approximate surface area is 162 Å². The lowest BCUT2D eigenvalue weighted by Gasteiger charge is -2.25. The van der Waals surface area contributed by atoms with Crippen molar-refractivity contribution in [2.24, 2.45) is 17.4 Å². The Morgan fingerprint density at radius 2 is 1.93 bits per heavy atom. The molecule has 2 rings (SSSR count). The highest BCUT2D eigenvalue weighted by atomic mass is 19.4. The highest BCUT2D eigenvalue weighted by molar-refractivity contribution is 6.08. The topological polar surface area (TPSA) is 110 Å². The number of aliphatic carboxylic acids is 1. The summed E-state index contributed by atoms with van der Waals surface area (Å²) in [7, 11) is 5.48. The molecule has 1 amide bonds. The molecule has 1 fully saturated rings. The van der Waals surface area contributed by atoms with Crippen molar-refractivity contribution in [3.05, 3.63) is 35.4 Å². The molecule has 1 saturated heterocycles. The number of amides is 1. The van der Waals surface area contributed by atoms with Crippen LogP contribution in [0.3, 0.4) is 0 Å². The number of carboxylic acid groups (broad SMARTS) is 1. The van der Waals surface area contributed by atoms with Crippen LogP contribution in [0.2, 0.25) is 6.32 Å². The van der Waals surface area contributed by atoms with Crippen LogP contribution in [0.25, 0.3) is 0 Å². The molecule has 0 bridgehead atoms. The third-order valence-corrected chi connectivity index (χ3v) is 5.14. The van der Waals surface area contributed by atoms with Crippen LogP contribution in [0.5, 0.6) is 0 Å². The molecule has 152 valence electrons. The van der Waals surface area contributed by atoms with Gasteiger partial charge in [-0.25, -0.2) is 0 Å². The first-order chi connectivity index (χ1) is 13.0. The maximum Gasteiger partial charge on any atom is 0.416 e. The monoisotopic (exact) mass is 397 g/mol. The van der Waals surface area contributed by atoms with Gasteiger partial charge < -0.3 is 21.5 Å². The molecule has 3 unspecified atom stereocenters. The van der Waals surface area contributed by atoms with Crippen LogP contribution in [0, 0.1) is 5.92 Å². The summed E-state index contributed by atoms with van der Waals surface area (Å²) in [6, 6.07) is 3.40. The zero-order valence-corrected chi connectivity index (χ0v) is 15.3. The normalized spacial score (nSPS) is 23.6. The average molecular weight is 397 g/mol. The van der Waals surface area contributed by atoms with Crippen molar-refractivity contribution in [3.8, 4) is 0 Å². The van der Waals surface area contributed by atoms with Crippen molar-refractivity contribution in [1.29, 1.82) is 0 Å². The van der Waals surface area contributed by atoms with Crippen LogP contribution in [0.4, 0.5) is 13.2 Å². The Bertz CT molecular complexity index is 714. The number of carboxylic acids is 1. The van der Waals surface area contributed by atoms with Crippen molar-refractivity contribution in [3.63, 3.8) is 0 Å². The first kappa shape index (κ1) is 22.2. The maximum absolute atomic E-state index is 12.7. The molecule has 2 radical (unpaired) electrons. The molecule has 28 heavy (non-hydrogen) atoms. The predicted octanol–water partition coefficient (Wildman–Crippen LogP) is 1.18. The van der Waals surface area contributed by atoms with Gasteiger partial charge in [0.1, 0.15) is 5.54 Å². The lowest BCUT2D eigenvalue weighted by atomic mass is 9.83. The molecule has 10 heteroatoms. The van der Waals surface area contributed by atoms with Gasteiger partial charge in [0, 0.05) is 19.0 Å². The molecule has 1 aliphatic heterocycles. The smallest absolute Gasteiger partial charge is 0.416 e. The Kier molecular flexibility index (Phi) is 6.77. The minimum Gasteiger partial charge on any atom is -0.480 e. The molecular weight excluding hydrogens is 374 g/mol. The molecule has 1 heterocycles. The summed E-state index contributed by atoms with van der Waals surface area (Å²) in [6.07, 6.45) is -2.97. The second-order valence-electron chi connectivity index (χ2n) is 7.20. The molecule has 1 aliphatic rings. The van der Waals surface area contributed by atoms with E-state index in [1.807, 2.05) is 0 Å². The molecule has 0 saturated carbocycles. The van der Waals surface area contributed by atoms with Gasteiger partial charge in [0.15, 0.2) is 0 Å². The van der Waals surface area contributed by atoms with Gasteiger partial charge >= 0.3 is 12.1 Å². The summed E-state index contributed by atoms with van der Waals surface area (Å²) in [5.74, 6) is -2.12. The van der Waals surface area contributed by atoms with E-state index in [2.05, 4.69) is 0 Å². The van der Waals surface area contributed by atoms with E-state index >= 15 is 0 Å². The SMILES string of the molecule is [B]CCCC1CN(C(=O)C(N)Cc2ccc(C(F)(F)F)cc2)CC1(N)C(=O)O. The molecule has 1 aromatic carbocycles. The third kappa shape index (κ3) is 4.85. The standard InChI is InChI=1S/C18H23BF3N3O3/c19-7-1-2-13-9-25(10-17(13,24)16(27)28)15(26)14(23)8-11-3-5-12(6-4-11)18(20,21)22/h3-6,13-14H,1-2,7-10,23-24H2,(H,27,28). The van der Waals surface area contributed by atoms with Gasteiger partial charge in [0.2, 0.25) is 5.91 Å². The Morgan fingerprint density at radius 1 is 1.32 bits per heavy atom. The zero-order valence-electron chi connectivity index (χ0n) is 15.3. The highest BCUT2D eigenvalue weighted by Gasteiger charge is 2.50. The zero-order chi connectivity index (χ0) is 21.1. The summed E-state index contributed by atoms with van der Waals surface area (Å²) >= 11 is 0. The summed E-state index contributed by atoms with van der Waals surface area (Å²) in [5, 5.41) is 9.49. The quantitative estimate of drug-likeness (QED) is 0.599. The fourth-order valence-electron chi connectivity index (χ4n) is 3.47. The number of rotatable bonds is 7. The molecule has 6 nitrogen and oxygen atoms in total. The van der Waals surface area contributed by atoms with Gasteiger partial charge in [-0.15, -0.1) is 0 Å². The van der Waals surface area contributed by atoms with Gasteiger partial charge in [0.05, 0.1) is 19.5 Å². The lowest BCUT2D eigenvalue weighted by Crippen LogP contribution is -2.55. The number of benzene rings is 1. The van der Waals surface area contributed by atoms with Crippen LogP contribution in [0.1, 0.15) is 24.0 Å². The Morgan fingerprint density at radius 3 is 2.43 bits per heavy atom. The van der Waals surface area contributed by atoms with Crippen molar-refractivity contribution in [2.45, 2.75) is 43.3 Å². The van der Waals surface area contributed by atoms with E-state index in [9.17, 15) is 27.9 Å². The van der Waals surface area contributed by atoms with Gasteiger partial charge in [-0.1, -0.05) is 24.9 Å². The maximum atomic E-state index is 12.7. The van der Waals surface area contributed by atoms with Crippen molar-refractivity contribution >= 4 is 19.7 Å². The fraction of sp³-hybridized carbons (Fsp3) is 0.556. The molecule has 3 atom stereocenters. The number of halogens is 3. The summed E-state index contributed by atoms with van der Waals surface area (Å²) in [4.78, 5) is 25.6. The van der Waals surface area contributed by atoms with E-state index in [-0.39, 0.29) is 19.5 Å². The summed E-state index contributed by atoms with van der Waals surface area (Å²) in [5.41, 5.74) is 10.1. The second-order valence-corrected chi connectivity index (χ2v) is 7.20. The van der Waals surface area contributed by atoms with Crippen molar-refractivity contribution in [2.75, 3.05) is 13.1 Å². The first-order valence-electron chi connectivity index (χ1n) is 8.92. The third-order valence-electron chi connectivity index (χ3n) is 5.14. The largest absolute Gasteiger partial charge is 0.480 e. The molecular formula is C18H23BF3N3O3. The number of hydrogen-bond acceptors (Lipinski definition) is 4. The number of nitrogens with two attached hydrogens (primary N) is 2. The Balaban J connectivity index is 2.05. The summed E-state index contributed by atoms with van der Waals surface area (Å²) < 4.78 is 37.9. The van der Waals surface area contributed by atoms with E-state index in [0.717, 1.165) is 12.1 Å².